The Balaban J connectivity index is 1.90. The Kier molecular flexibility index (Phi) is 3.97. The molecule has 1 saturated heterocycles. The number of piperidine rings is 1. The number of likely N-dealkylation sites (tertiary alicyclic amines) is 1. The van der Waals surface area contributed by atoms with Gasteiger partial charge in [-0.1, -0.05) is 11.6 Å². The van der Waals surface area contributed by atoms with E-state index < -0.39 is 5.97 Å². The van der Waals surface area contributed by atoms with Crippen molar-refractivity contribution in [1.82, 2.24) is 9.88 Å². The van der Waals surface area contributed by atoms with E-state index in [1.807, 2.05) is 6.07 Å². The fraction of sp³-hybridized carbons (Fsp3) is 0.500. The number of carbonyl (C=O) groups is 1. The lowest BCUT2D eigenvalue weighted by atomic mass is 9.97. The second-order valence-electron chi connectivity index (χ2n) is 4.36. The van der Waals surface area contributed by atoms with E-state index in [-0.39, 0.29) is 5.92 Å². The number of aromatic nitrogens is 1. The molecule has 1 fully saturated rings. The van der Waals surface area contributed by atoms with Crippen LogP contribution in [0.2, 0.25) is 5.02 Å². The Morgan fingerprint density at radius 3 is 2.82 bits per heavy atom. The van der Waals surface area contributed by atoms with Crippen LogP contribution in [-0.2, 0) is 11.3 Å². The molecule has 1 N–H and O–H groups in total. The lowest BCUT2D eigenvalue weighted by Crippen LogP contribution is -2.35. The van der Waals surface area contributed by atoms with Crippen LogP contribution in [0, 0.1) is 5.92 Å². The highest BCUT2D eigenvalue weighted by Gasteiger charge is 2.24. The number of carboxylic acid groups (broad SMARTS) is 1. The normalized spacial score (nSPS) is 18.2. The van der Waals surface area contributed by atoms with Crippen molar-refractivity contribution >= 4 is 17.6 Å². The number of aliphatic carboxylic acids is 1. The molecule has 1 aromatic rings. The van der Waals surface area contributed by atoms with Gasteiger partial charge in [-0.25, -0.2) is 0 Å². The van der Waals surface area contributed by atoms with Crippen molar-refractivity contribution in [1.29, 1.82) is 0 Å². The SMILES string of the molecule is O=C(O)C1CCN(Cc2ccncc2Cl)CC1. The molecule has 2 heterocycles. The number of hydrogen-bond donors (Lipinski definition) is 1. The van der Waals surface area contributed by atoms with Gasteiger partial charge in [0.2, 0.25) is 0 Å². The smallest absolute Gasteiger partial charge is 0.306 e. The molecule has 1 aliphatic rings. The molecular formula is C12H15ClN2O2. The molecule has 0 radical (unpaired) electrons. The molecule has 0 saturated carbocycles. The minimum atomic E-state index is -0.674. The lowest BCUT2D eigenvalue weighted by Gasteiger charge is -2.30. The summed E-state index contributed by atoms with van der Waals surface area (Å²) in [6.07, 6.45) is 4.81. The summed E-state index contributed by atoms with van der Waals surface area (Å²) in [4.78, 5) is 17.0. The molecule has 5 heteroatoms. The molecule has 1 aromatic heterocycles. The van der Waals surface area contributed by atoms with Gasteiger partial charge in [0.1, 0.15) is 0 Å². The van der Waals surface area contributed by atoms with Gasteiger partial charge in [0.05, 0.1) is 10.9 Å². The highest BCUT2D eigenvalue weighted by atomic mass is 35.5. The standard InChI is InChI=1S/C12H15ClN2O2/c13-11-7-14-4-1-10(11)8-15-5-2-9(3-6-15)12(16)17/h1,4,7,9H,2-3,5-6,8H2,(H,16,17). The van der Waals surface area contributed by atoms with Gasteiger partial charge in [0, 0.05) is 18.9 Å². The van der Waals surface area contributed by atoms with Crippen molar-refractivity contribution in [3.8, 4) is 0 Å². The highest BCUT2D eigenvalue weighted by molar-refractivity contribution is 6.31. The van der Waals surface area contributed by atoms with Gasteiger partial charge in [-0.3, -0.25) is 14.7 Å². The molecule has 0 atom stereocenters. The van der Waals surface area contributed by atoms with Gasteiger partial charge >= 0.3 is 5.97 Å². The van der Waals surface area contributed by atoms with Crippen LogP contribution in [0.4, 0.5) is 0 Å². The van der Waals surface area contributed by atoms with Crippen LogP contribution >= 0.6 is 11.6 Å². The predicted octanol–water partition coefficient (Wildman–Crippen LogP) is 2.03. The van der Waals surface area contributed by atoms with E-state index in [2.05, 4.69) is 9.88 Å². The molecule has 0 aromatic carbocycles. The van der Waals surface area contributed by atoms with Crippen LogP contribution in [0.3, 0.4) is 0 Å². The fourth-order valence-electron chi connectivity index (χ4n) is 2.11. The van der Waals surface area contributed by atoms with E-state index >= 15 is 0 Å². The third-order valence-corrected chi connectivity index (χ3v) is 3.53. The Morgan fingerprint density at radius 2 is 2.24 bits per heavy atom. The van der Waals surface area contributed by atoms with Gasteiger partial charge in [-0.15, -0.1) is 0 Å². The maximum atomic E-state index is 10.8. The summed E-state index contributed by atoms with van der Waals surface area (Å²) in [5, 5.41) is 9.58. The first-order valence-corrected chi connectivity index (χ1v) is 6.08. The van der Waals surface area contributed by atoms with Gasteiger partial charge in [-0.05, 0) is 37.6 Å². The van der Waals surface area contributed by atoms with Gasteiger partial charge in [-0.2, -0.15) is 0 Å². The molecule has 0 bridgehead atoms. The molecule has 2 rings (SSSR count). The van der Waals surface area contributed by atoms with E-state index in [9.17, 15) is 4.79 Å². The van der Waals surface area contributed by atoms with Crippen molar-refractivity contribution in [2.45, 2.75) is 19.4 Å². The number of nitrogens with zero attached hydrogens (tertiary/aromatic N) is 2. The largest absolute Gasteiger partial charge is 0.481 e. The van der Waals surface area contributed by atoms with E-state index in [0.717, 1.165) is 38.0 Å². The minimum absolute atomic E-state index is 0.181. The number of carboxylic acids is 1. The Labute approximate surface area is 105 Å². The number of halogens is 1. The minimum Gasteiger partial charge on any atom is -0.481 e. The van der Waals surface area contributed by atoms with Crippen LogP contribution < -0.4 is 0 Å². The van der Waals surface area contributed by atoms with Gasteiger partial charge < -0.3 is 5.11 Å². The molecule has 0 unspecified atom stereocenters. The zero-order valence-corrected chi connectivity index (χ0v) is 10.2. The third-order valence-electron chi connectivity index (χ3n) is 3.19. The van der Waals surface area contributed by atoms with Crippen LogP contribution in [0.25, 0.3) is 0 Å². The zero-order chi connectivity index (χ0) is 12.3. The maximum Gasteiger partial charge on any atom is 0.306 e. The van der Waals surface area contributed by atoms with Crippen molar-refractivity contribution in [3.05, 3.63) is 29.0 Å². The molecule has 17 heavy (non-hydrogen) atoms. The Bertz CT molecular complexity index is 403. The molecule has 0 spiro atoms. The first-order chi connectivity index (χ1) is 8.16. The van der Waals surface area contributed by atoms with Gasteiger partial charge in [0.25, 0.3) is 0 Å². The molecule has 1 aliphatic heterocycles. The third kappa shape index (κ3) is 3.17. The second kappa shape index (κ2) is 5.47. The first kappa shape index (κ1) is 12.3. The maximum absolute atomic E-state index is 10.8. The average Bonchev–Trinajstić information content (AvgIpc) is 2.33. The second-order valence-corrected chi connectivity index (χ2v) is 4.76. The highest BCUT2D eigenvalue weighted by Crippen LogP contribution is 2.21. The molecular weight excluding hydrogens is 240 g/mol. The fourth-order valence-corrected chi connectivity index (χ4v) is 2.29. The van der Waals surface area contributed by atoms with E-state index in [1.54, 1.807) is 12.4 Å². The summed E-state index contributed by atoms with van der Waals surface area (Å²) in [5.74, 6) is -0.856. The first-order valence-electron chi connectivity index (χ1n) is 5.70. The summed E-state index contributed by atoms with van der Waals surface area (Å²) < 4.78 is 0. The molecule has 4 nitrogen and oxygen atoms in total. The zero-order valence-electron chi connectivity index (χ0n) is 9.47. The predicted molar refractivity (Wildman–Crippen MR) is 64.9 cm³/mol. The van der Waals surface area contributed by atoms with E-state index in [0.29, 0.717) is 5.02 Å². The molecule has 0 aliphatic carbocycles. The number of hydrogen-bond acceptors (Lipinski definition) is 3. The Hall–Kier alpha value is -1.13. The number of pyridine rings is 1. The van der Waals surface area contributed by atoms with Crippen LogP contribution in [0.15, 0.2) is 18.5 Å². The van der Waals surface area contributed by atoms with Crippen LogP contribution in [-0.4, -0.2) is 34.0 Å². The van der Waals surface area contributed by atoms with Crippen molar-refractivity contribution in [2.24, 2.45) is 5.92 Å². The van der Waals surface area contributed by atoms with Crippen molar-refractivity contribution in [2.75, 3.05) is 13.1 Å². The molecule has 0 amide bonds. The average molecular weight is 255 g/mol. The molecule has 92 valence electrons. The summed E-state index contributed by atoms with van der Waals surface area (Å²) in [6.45, 7) is 2.40. The summed E-state index contributed by atoms with van der Waals surface area (Å²) in [7, 11) is 0. The van der Waals surface area contributed by atoms with Crippen molar-refractivity contribution in [3.63, 3.8) is 0 Å². The van der Waals surface area contributed by atoms with E-state index in [4.69, 9.17) is 16.7 Å². The Morgan fingerprint density at radius 1 is 1.53 bits per heavy atom. The lowest BCUT2D eigenvalue weighted by molar-refractivity contribution is -0.143. The summed E-state index contributed by atoms with van der Waals surface area (Å²) >= 11 is 6.04. The van der Waals surface area contributed by atoms with E-state index in [1.165, 1.54) is 0 Å². The topological polar surface area (TPSA) is 53.4 Å². The van der Waals surface area contributed by atoms with Crippen LogP contribution in [0.5, 0.6) is 0 Å². The van der Waals surface area contributed by atoms with Gasteiger partial charge in [0.15, 0.2) is 0 Å². The van der Waals surface area contributed by atoms with Crippen molar-refractivity contribution < 1.29 is 9.90 Å². The quantitative estimate of drug-likeness (QED) is 0.897. The summed E-state index contributed by atoms with van der Waals surface area (Å²) in [5.41, 5.74) is 1.05. The summed E-state index contributed by atoms with van der Waals surface area (Å²) in [6, 6.07) is 1.91. The number of rotatable bonds is 3. The van der Waals surface area contributed by atoms with Crippen LogP contribution in [0.1, 0.15) is 18.4 Å². The monoisotopic (exact) mass is 254 g/mol.